The summed E-state index contributed by atoms with van der Waals surface area (Å²) in [7, 11) is 0. The molecule has 2 unspecified atom stereocenters. The third-order valence-corrected chi connectivity index (χ3v) is 11.0. The Kier molecular flexibility index (Phi) is 41.4. The fourth-order valence-electron chi connectivity index (χ4n) is 7.44. The van der Waals surface area contributed by atoms with Crippen molar-refractivity contribution >= 4 is 11.9 Å². The van der Waals surface area contributed by atoms with Crippen molar-refractivity contribution in [2.24, 2.45) is 0 Å². The molecular weight excluding hydrogens is 691 g/mol. The molecular formula is C47H93NO7. The lowest BCUT2D eigenvalue weighted by Gasteiger charge is -2.27. The number of carbonyl (C=O) groups is 2. The highest BCUT2D eigenvalue weighted by Crippen LogP contribution is 2.19. The molecule has 0 aliphatic carbocycles. The minimum absolute atomic E-state index is 0.0542. The van der Waals surface area contributed by atoms with E-state index in [2.05, 4.69) is 25.7 Å². The van der Waals surface area contributed by atoms with E-state index in [1.165, 1.54) is 96.3 Å². The molecule has 0 saturated heterocycles. The third-order valence-electron chi connectivity index (χ3n) is 11.0. The number of aliphatic hydroxyl groups excluding tert-OH is 3. The Labute approximate surface area is 340 Å². The topological polar surface area (TPSA) is 117 Å². The molecule has 0 radical (unpaired) electrons. The lowest BCUT2D eigenvalue weighted by molar-refractivity contribution is -0.150. The van der Waals surface area contributed by atoms with Crippen molar-refractivity contribution in [2.45, 2.75) is 257 Å². The van der Waals surface area contributed by atoms with Gasteiger partial charge in [0.25, 0.3) is 0 Å². The van der Waals surface area contributed by atoms with E-state index >= 15 is 0 Å². The molecule has 3 N–H and O–H groups in total. The van der Waals surface area contributed by atoms with E-state index in [-0.39, 0.29) is 24.6 Å². The molecule has 0 aromatic carbocycles. The van der Waals surface area contributed by atoms with Crippen molar-refractivity contribution in [3.63, 3.8) is 0 Å². The summed E-state index contributed by atoms with van der Waals surface area (Å²) in [6.45, 7) is 9.24. The highest BCUT2D eigenvalue weighted by atomic mass is 16.5. The summed E-state index contributed by atoms with van der Waals surface area (Å²) in [5.74, 6) is -0.176. The molecule has 55 heavy (non-hydrogen) atoms. The van der Waals surface area contributed by atoms with Gasteiger partial charge in [-0.1, -0.05) is 149 Å². The zero-order valence-corrected chi connectivity index (χ0v) is 36.7. The van der Waals surface area contributed by atoms with E-state index in [4.69, 9.17) is 9.47 Å². The first-order chi connectivity index (χ1) is 26.9. The van der Waals surface area contributed by atoms with Gasteiger partial charge in [-0.15, -0.1) is 0 Å². The van der Waals surface area contributed by atoms with E-state index in [0.29, 0.717) is 45.4 Å². The number of hydrogen-bond acceptors (Lipinski definition) is 8. The van der Waals surface area contributed by atoms with Crippen LogP contribution in [0.3, 0.4) is 0 Å². The lowest BCUT2D eigenvalue weighted by Crippen LogP contribution is -2.38. The Hall–Kier alpha value is -1.22. The number of rotatable bonds is 44. The quantitative estimate of drug-likeness (QED) is 0.0413. The molecule has 8 nitrogen and oxygen atoms in total. The fraction of sp³-hybridized carbons (Fsp3) is 0.957. The maximum Gasteiger partial charge on any atom is 0.306 e. The van der Waals surface area contributed by atoms with Crippen LogP contribution < -0.4 is 0 Å². The zero-order valence-electron chi connectivity index (χ0n) is 36.7. The van der Waals surface area contributed by atoms with Gasteiger partial charge in [0.1, 0.15) is 6.10 Å². The number of nitrogens with zero attached hydrogens (tertiary/aromatic N) is 1. The van der Waals surface area contributed by atoms with Crippen molar-refractivity contribution in [3.8, 4) is 0 Å². The first-order valence-corrected chi connectivity index (χ1v) is 23.9. The van der Waals surface area contributed by atoms with Gasteiger partial charge in [0.15, 0.2) is 0 Å². The van der Waals surface area contributed by atoms with Gasteiger partial charge < -0.3 is 24.8 Å². The second-order valence-electron chi connectivity index (χ2n) is 16.6. The summed E-state index contributed by atoms with van der Waals surface area (Å²) in [6.07, 6.45) is 34.4. The minimum Gasteiger partial charge on any atom is -0.466 e. The maximum absolute atomic E-state index is 12.8. The van der Waals surface area contributed by atoms with Gasteiger partial charge in [-0.25, -0.2) is 0 Å². The highest BCUT2D eigenvalue weighted by molar-refractivity contribution is 5.69. The molecule has 0 aliphatic rings. The van der Waals surface area contributed by atoms with Crippen molar-refractivity contribution in [3.05, 3.63) is 0 Å². The van der Waals surface area contributed by atoms with E-state index in [1.54, 1.807) is 0 Å². The standard InChI is InChI=1S/C47H93NO7/c1-4-7-10-13-16-19-31-40-54-46(52)36-27-20-23-32-43(50)41-48(38-29-22-30-39-49)42-44(51)33-24-21-28-37-47(53)55-45(34-25-17-14-11-8-5-2)35-26-18-15-12-9-6-3/h43-45,49-51H,4-42H2,1-3H3. The van der Waals surface area contributed by atoms with Gasteiger partial charge in [-0.05, 0) is 83.6 Å². The molecule has 0 aromatic heterocycles. The average molecular weight is 784 g/mol. The maximum atomic E-state index is 12.8. The molecule has 2 atom stereocenters. The van der Waals surface area contributed by atoms with Crippen LogP contribution in [0.2, 0.25) is 0 Å². The van der Waals surface area contributed by atoms with E-state index in [0.717, 1.165) is 103 Å². The van der Waals surface area contributed by atoms with E-state index in [1.807, 2.05) is 0 Å². The predicted molar refractivity (Wildman–Crippen MR) is 230 cm³/mol. The van der Waals surface area contributed by atoms with Crippen LogP contribution in [0.5, 0.6) is 0 Å². The Morgan fingerprint density at radius 3 is 1.36 bits per heavy atom. The number of carbonyl (C=O) groups excluding carboxylic acids is 2. The summed E-state index contributed by atoms with van der Waals surface area (Å²) in [5.41, 5.74) is 0. The van der Waals surface area contributed by atoms with Gasteiger partial charge in [0.2, 0.25) is 0 Å². The molecule has 328 valence electrons. The second-order valence-corrected chi connectivity index (χ2v) is 16.6. The molecule has 8 heteroatoms. The molecule has 0 bridgehead atoms. The molecule has 0 fully saturated rings. The van der Waals surface area contributed by atoms with Crippen LogP contribution in [0.25, 0.3) is 0 Å². The van der Waals surface area contributed by atoms with Crippen LogP contribution in [0, 0.1) is 0 Å². The van der Waals surface area contributed by atoms with E-state index in [9.17, 15) is 24.9 Å². The first-order valence-electron chi connectivity index (χ1n) is 23.9. The molecule has 0 heterocycles. The monoisotopic (exact) mass is 784 g/mol. The highest BCUT2D eigenvalue weighted by Gasteiger charge is 2.17. The minimum atomic E-state index is -0.483. The van der Waals surface area contributed by atoms with Crippen molar-refractivity contribution in [2.75, 3.05) is 32.8 Å². The predicted octanol–water partition coefficient (Wildman–Crippen LogP) is 11.8. The first kappa shape index (κ1) is 53.8. The van der Waals surface area contributed by atoms with Gasteiger partial charge in [-0.3, -0.25) is 14.5 Å². The Morgan fingerprint density at radius 1 is 0.473 bits per heavy atom. The van der Waals surface area contributed by atoms with Gasteiger partial charge >= 0.3 is 11.9 Å². The number of unbranched alkanes of at least 4 members (excludes halogenated alkanes) is 22. The number of hydrogen-bond donors (Lipinski definition) is 3. The van der Waals surface area contributed by atoms with Crippen LogP contribution in [-0.2, 0) is 19.1 Å². The zero-order chi connectivity index (χ0) is 40.5. The fourth-order valence-corrected chi connectivity index (χ4v) is 7.44. The Morgan fingerprint density at radius 2 is 0.873 bits per heavy atom. The third kappa shape index (κ3) is 39.4. The van der Waals surface area contributed by atoms with Crippen LogP contribution >= 0.6 is 0 Å². The normalized spacial score (nSPS) is 12.8. The molecule has 0 rings (SSSR count). The SMILES string of the molecule is CCCCCCCCCOC(=O)CCCCCC(O)CN(CCCCCO)CC(O)CCCCCC(=O)OC(CCCCCCCC)CCCCCCCC. The van der Waals surface area contributed by atoms with Crippen LogP contribution in [0.1, 0.15) is 239 Å². The summed E-state index contributed by atoms with van der Waals surface area (Å²) in [5, 5.41) is 30.9. The Balaban J connectivity index is 4.40. The van der Waals surface area contributed by atoms with Crippen molar-refractivity contribution in [1.82, 2.24) is 4.90 Å². The molecule has 0 saturated carbocycles. The summed E-state index contributed by atoms with van der Waals surface area (Å²) >= 11 is 0. The summed E-state index contributed by atoms with van der Waals surface area (Å²) in [6, 6.07) is 0. The average Bonchev–Trinajstić information content (AvgIpc) is 3.16. The molecule has 0 aliphatic heterocycles. The van der Waals surface area contributed by atoms with Crippen LogP contribution in [0.15, 0.2) is 0 Å². The lowest BCUT2D eigenvalue weighted by atomic mass is 10.0. The van der Waals surface area contributed by atoms with Crippen LogP contribution in [-0.4, -0.2) is 83.3 Å². The number of aliphatic hydroxyl groups is 3. The molecule has 0 amide bonds. The van der Waals surface area contributed by atoms with Crippen molar-refractivity contribution in [1.29, 1.82) is 0 Å². The van der Waals surface area contributed by atoms with Gasteiger partial charge in [-0.2, -0.15) is 0 Å². The summed E-state index contributed by atoms with van der Waals surface area (Å²) in [4.78, 5) is 27.0. The number of ether oxygens (including phenoxy) is 2. The van der Waals surface area contributed by atoms with Crippen molar-refractivity contribution < 1.29 is 34.4 Å². The largest absolute Gasteiger partial charge is 0.466 e. The van der Waals surface area contributed by atoms with Gasteiger partial charge in [0, 0.05) is 32.5 Å². The summed E-state index contributed by atoms with van der Waals surface area (Å²) < 4.78 is 11.4. The van der Waals surface area contributed by atoms with Crippen LogP contribution in [0.4, 0.5) is 0 Å². The Bertz CT molecular complexity index is 796. The number of esters is 2. The second kappa shape index (κ2) is 42.4. The van der Waals surface area contributed by atoms with E-state index < -0.39 is 12.2 Å². The smallest absolute Gasteiger partial charge is 0.306 e. The van der Waals surface area contributed by atoms with Gasteiger partial charge in [0.05, 0.1) is 18.8 Å². The molecule has 0 aromatic rings. The molecule has 0 spiro atoms.